The molecule has 0 atom stereocenters. The molecule has 1 fully saturated rings. The largest absolute Gasteiger partial charge is 0.353 e. The van der Waals surface area contributed by atoms with Gasteiger partial charge in [-0.05, 0) is 62.7 Å². The van der Waals surface area contributed by atoms with Crippen molar-refractivity contribution in [2.75, 3.05) is 26.0 Å². The van der Waals surface area contributed by atoms with Crippen LogP contribution in [-0.2, 0) is 0 Å². The minimum absolute atomic E-state index is 0.159. The SMILES string of the molecule is CN1CCC(c2cn(N)c3ccc(C(=O)c4ccno4)cc23)CC1. The van der Waals surface area contributed by atoms with Crippen LogP contribution in [0, 0.1) is 0 Å². The molecule has 1 saturated heterocycles. The molecule has 3 heterocycles. The molecule has 1 aromatic carbocycles. The Hall–Kier alpha value is -2.60. The molecule has 0 radical (unpaired) electrons. The summed E-state index contributed by atoms with van der Waals surface area (Å²) < 4.78 is 6.65. The maximum Gasteiger partial charge on any atom is 0.231 e. The highest BCUT2D eigenvalue weighted by atomic mass is 16.5. The van der Waals surface area contributed by atoms with E-state index in [1.807, 2.05) is 18.3 Å². The number of nitrogens with zero attached hydrogens (tertiary/aromatic N) is 3. The molecule has 0 unspecified atom stereocenters. The van der Waals surface area contributed by atoms with E-state index in [0.717, 1.165) is 36.8 Å². The first-order valence-electron chi connectivity index (χ1n) is 8.17. The number of nitrogen functional groups attached to an aromatic ring is 1. The first-order chi connectivity index (χ1) is 11.6. The van der Waals surface area contributed by atoms with Crippen LogP contribution in [0.2, 0.25) is 0 Å². The number of likely N-dealkylation sites (tertiary alicyclic amines) is 1. The molecule has 24 heavy (non-hydrogen) atoms. The molecule has 1 aliphatic rings. The van der Waals surface area contributed by atoms with E-state index in [2.05, 4.69) is 17.1 Å². The van der Waals surface area contributed by atoms with Gasteiger partial charge in [0.1, 0.15) is 0 Å². The van der Waals surface area contributed by atoms with E-state index in [4.69, 9.17) is 10.4 Å². The van der Waals surface area contributed by atoms with Crippen LogP contribution in [0.4, 0.5) is 0 Å². The number of nitrogens with two attached hydrogens (primary N) is 1. The summed E-state index contributed by atoms with van der Waals surface area (Å²) in [6.45, 7) is 2.16. The summed E-state index contributed by atoms with van der Waals surface area (Å²) in [5, 5.41) is 4.66. The van der Waals surface area contributed by atoms with Gasteiger partial charge in [-0.1, -0.05) is 5.16 Å². The zero-order valence-electron chi connectivity index (χ0n) is 13.6. The molecule has 4 rings (SSSR count). The average molecular weight is 324 g/mol. The Morgan fingerprint density at radius 3 is 2.79 bits per heavy atom. The Kier molecular flexibility index (Phi) is 3.61. The predicted molar refractivity (Wildman–Crippen MR) is 91.5 cm³/mol. The minimum Gasteiger partial charge on any atom is -0.353 e. The molecule has 0 bridgehead atoms. The van der Waals surface area contributed by atoms with Gasteiger partial charge >= 0.3 is 0 Å². The summed E-state index contributed by atoms with van der Waals surface area (Å²) >= 11 is 0. The van der Waals surface area contributed by atoms with Crippen LogP contribution >= 0.6 is 0 Å². The molecular formula is C18H20N4O2. The Labute approximate surface area is 139 Å². The molecule has 6 heteroatoms. The Morgan fingerprint density at radius 1 is 1.29 bits per heavy atom. The van der Waals surface area contributed by atoms with Crippen molar-refractivity contribution in [3.05, 3.63) is 53.5 Å². The molecule has 3 aromatic rings. The van der Waals surface area contributed by atoms with Crippen LogP contribution in [0.1, 0.15) is 40.4 Å². The lowest BCUT2D eigenvalue weighted by molar-refractivity contribution is 0.100. The normalized spacial score (nSPS) is 16.7. The first-order valence-corrected chi connectivity index (χ1v) is 8.17. The van der Waals surface area contributed by atoms with Crippen LogP contribution < -0.4 is 5.84 Å². The molecule has 0 saturated carbocycles. The van der Waals surface area contributed by atoms with Gasteiger partial charge in [0.05, 0.1) is 11.7 Å². The van der Waals surface area contributed by atoms with Crippen LogP contribution in [0.3, 0.4) is 0 Å². The third-order valence-corrected chi connectivity index (χ3v) is 4.95. The van der Waals surface area contributed by atoms with Gasteiger partial charge in [0.2, 0.25) is 11.5 Å². The summed E-state index contributed by atoms with van der Waals surface area (Å²) in [7, 11) is 2.15. The van der Waals surface area contributed by atoms with E-state index in [-0.39, 0.29) is 11.5 Å². The number of hydrogen-bond acceptors (Lipinski definition) is 5. The van der Waals surface area contributed by atoms with Gasteiger partial charge in [-0.2, -0.15) is 0 Å². The predicted octanol–water partition coefficient (Wildman–Crippen LogP) is 2.38. The number of aromatic nitrogens is 2. The number of ketones is 1. The zero-order valence-corrected chi connectivity index (χ0v) is 13.6. The smallest absolute Gasteiger partial charge is 0.231 e. The molecule has 124 valence electrons. The zero-order chi connectivity index (χ0) is 16.7. The standard InChI is InChI=1S/C18H20N4O2/c1-21-8-5-12(6-9-21)15-11-22(19)16-3-2-13(10-14(15)16)18(23)17-4-7-20-24-17/h2-4,7,10-12H,5-6,8-9,19H2,1H3. The molecule has 2 N–H and O–H groups in total. The van der Waals surface area contributed by atoms with Crippen molar-refractivity contribution in [1.29, 1.82) is 0 Å². The topological polar surface area (TPSA) is 77.3 Å². The van der Waals surface area contributed by atoms with E-state index in [1.165, 1.54) is 11.8 Å². The summed E-state index contributed by atoms with van der Waals surface area (Å²) in [4.78, 5) is 14.9. The Balaban J connectivity index is 1.75. The van der Waals surface area contributed by atoms with Crippen molar-refractivity contribution < 1.29 is 9.32 Å². The van der Waals surface area contributed by atoms with Crippen LogP contribution in [0.5, 0.6) is 0 Å². The van der Waals surface area contributed by atoms with Gasteiger partial charge in [-0.25, -0.2) is 0 Å². The van der Waals surface area contributed by atoms with Gasteiger partial charge in [0, 0.05) is 23.2 Å². The number of carbonyl (C=O) groups excluding carboxylic acids is 1. The van der Waals surface area contributed by atoms with E-state index >= 15 is 0 Å². The number of carbonyl (C=O) groups is 1. The van der Waals surface area contributed by atoms with E-state index < -0.39 is 0 Å². The van der Waals surface area contributed by atoms with Crippen molar-refractivity contribution in [3.8, 4) is 0 Å². The van der Waals surface area contributed by atoms with E-state index in [0.29, 0.717) is 11.5 Å². The molecule has 0 aliphatic carbocycles. The molecular weight excluding hydrogens is 304 g/mol. The van der Waals surface area contributed by atoms with Crippen molar-refractivity contribution in [3.63, 3.8) is 0 Å². The highest BCUT2D eigenvalue weighted by molar-refractivity contribution is 6.09. The second-order valence-electron chi connectivity index (χ2n) is 6.51. The van der Waals surface area contributed by atoms with Crippen molar-refractivity contribution >= 4 is 16.7 Å². The number of benzene rings is 1. The lowest BCUT2D eigenvalue weighted by Gasteiger charge is -2.28. The summed E-state index contributed by atoms with van der Waals surface area (Å²) in [5.74, 6) is 6.69. The maximum absolute atomic E-state index is 12.5. The lowest BCUT2D eigenvalue weighted by atomic mass is 9.89. The number of fused-ring (bicyclic) bond motifs is 1. The highest BCUT2D eigenvalue weighted by Crippen LogP contribution is 2.34. The molecule has 0 spiro atoms. The first kappa shape index (κ1) is 15.0. The third-order valence-electron chi connectivity index (χ3n) is 4.95. The number of piperidine rings is 1. The van der Waals surface area contributed by atoms with Crippen molar-refractivity contribution in [1.82, 2.24) is 14.7 Å². The van der Waals surface area contributed by atoms with Gasteiger partial charge in [0.15, 0.2) is 0 Å². The van der Waals surface area contributed by atoms with E-state index in [9.17, 15) is 4.79 Å². The fourth-order valence-electron chi connectivity index (χ4n) is 3.54. The van der Waals surface area contributed by atoms with Crippen LogP contribution in [-0.4, -0.2) is 40.7 Å². The second kappa shape index (κ2) is 5.79. The lowest BCUT2D eigenvalue weighted by Crippen LogP contribution is -2.29. The fraction of sp³-hybridized carbons (Fsp3) is 0.333. The summed E-state index contributed by atoms with van der Waals surface area (Å²) in [5.41, 5.74) is 2.77. The maximum atomic E-state index is 12.5. The summed E-state index contributed by atoms with van der Waals surface area (Å²) in [6, 6.07) is 7.20. The van der Waals surface area contributed by atoms with Gasteiger partial charge in [-0.15, -0.1) is 0 Å². The van der Waals surface area contributed by atoms with Crippen LogP contribution in [0.25, 0.3) is 10.9 Å². The van der Waals surface area contributed by atoms with Gasteiger partial charge in [-0.3, -0.25) is 9.47 Å². The highest BCUT2D eigenvalue weighted by Gasteiger charge is 2.23. The number of hydrogen-bond donors (Lipinski definition) is 1. The van der Waals surface area contributed by atoms with E-state index in [1.54, 1.807) is 16.8 Å². The third kappa shape index (κ3) is 2.49. The molecule has 0 amide bonds. The van der Waals surface area contributed by atoms with Gasteiger partial charge in [0.25, 0.3) is 0 Å². The van der Waals surface area contributed by atoms with Crippen molar-refractivity contribution in [2.45, 2.75) is 18.8 Å². The number of rotatable bonds is 3. The van der Waals surface area contributed by atoms with Gasteiger partial charge < -0.3 is 15.3 Å². The molecule has 1 aliphatic heterocycles. The average Bonchev–Trinajstić information content (AvgIpc) is 3.23. The minimum atomic E-state index is -0.159. The Bertz CT molecular complexity index is 874. The Morgan fingerprint density at radius 2 is 2.08 bits per heavy atom. The van der Waals surface area contributed by atoms with Crippen molar-refractivity contribution in [2.24, 2.45) is 0 Å². The van der Waals surface area contributed by atoms with Crippen LogP contribution in [0.15, 0.2) is 41.2 Å². The fourth-order valence-corrected chi connectivity index (χ4v) is 3.54. The summed E-state index contributed by atoms with van der Waals surface area (Å²) in [6.07, 6.45) is 5.70. The molecule has 6 nitrogen and oxygen atoms in total. The second-order valence-corrected chi connectivity index (χ2v) is 6.51. The monoisotopic (exact) mass is 324 g/mol. The molecule has 2 aromatic heterocycles. The quantitative estimate of drug-likeness (QED) is 0.591.